The molecule has 0 spiro atoms. The van der Waals surface area contributed by atoms with E-state index in [0.29, 0.717) is 12.3 Å². The summed E-state index contributed by atoms with van der Waals surface area (Å²) in [4.78, 5) is 23.2. The summed E-state index contributed by atoms with van der Waals surface area (Å²) < 4.78 is 1.78. The Balaban J connectivity index is 1.89. The number of rotatable bonds is 5. The molecule has 1 N–H and O–H groups in total. The summed E-state index contributed by atoms with van der Waals surface area (Å²) in [6, 6.07) is 2.09. The molecule has 1 saturated heterocycles. The Morgan fingerprint density at radius 2 is 2.30 bits per heavy atom. The third-order valence-electron chi connectivity index (χ3n) is 4.26. The number of carbonyl (C=O) groups excluding carboxylic acids is 1. The van der Waals surface area contributed by atoms with E-state index in [9.17, 15) is 4.79 Å². The van der Waals surface area contributed by atoms with Gasteiger partial charge in [-0.15, -0.1) is 0 Å². The molecular weight excluding hydrogens is 292 g/mol. The van der Waals surface area contributed by atoms with Crippen molar-refractivity contribution in [3.05, 3.63) is 18.1 Å². The van der Waals surface area contributed by atoms with Gasteiger partial charge < -0.3 is 10.2 Å². The quantitative estimate of drug-likeness (QED) is 0.903. The Morgan fingerprint density at radius 1 is 1.43 bits per heavy atom. The van der Waals surface area contributed by atoms with Crippen LogP contribution in [0.15, 0.2) is 12.4 Å². The zero-order valence-electron chi connectivity index (χ0n) is 13.8. The molecule has 2 aromatic heterocycles. The highest BCUT2D eigenvalue weighted by Gasteiger charge is 2.27. The SMILES string of the molecule is CCCc1cc(N2CCC[C@H](C(=O)NCC)C2)n2ncnc2n1. The van der Waals surface area contributed by atoms with E-state index >= 15 is 0 Å². The van der Waals surface area contributed by atoms with Gasteiger partial charge in [-0.05, 0) is 26.2 Å². The van der Waals surface area contributed by atoms with E-state index < -0.39 is 0 Å². The molecule has 0 bridgehead atoms. The van der Waals surface area contributed by atoms with E-state index in [1.165, 1.54) is 6.33 Å². The number of fused-ring (bicyclic) bond motifs is 1. The van der Waals surface area contributed by atoms with Crippen molar-refractivity contribution in [1.29, 1.82) is 0 Å². The Bertz CT molecular complexity index is 682. The molecule has 7 heteroatoms. The van der Waals surface area contributed by atoms with Crippen molar-refractivity contribution in [2.24, 2.45) is 5.92 Å². The highest BCUT2D eigenvalue weighted by molar-refractivity contribution is 5.79. The summed E-state index contributed by atoms with van der Waals surface area (Å²) in [6.45, 7) is 6.42. The largest absolute Gasteiger partial charge is 0.356 e. The first-order valence-corrected chi connectivity index (χ1v) is 8.45. The molecule has 0 unspecified atom stereocenters. The van der Waals surface area contributed by atoms with Gasteiger partial charge in [0.25, 0.3) is 5.78 Å². The average Bonchev–Trinajstić information content (AvgIpc) is 3.03. The molecular formula is C16H24N6O. The second-order valence-corrected chi connectivity index (χ2v) is 6.01. The molecule has 3 rings (SSSR count). The summed E-state index contributed by atoms with van der Waals surface area (Å²) in [5.41, 5.74) is 1.03. The molecule has 0 aliphatic carbocycles. The number of hydrogen-bond donors (Lipinski definition) is 1. The molecule has 0 saturated carbocycles. The van der Waals surface area contributed by atoms with E-state index in [1.807, 2.05) is 6.92 Å². The second kappa shape index (κ2) is 6.93. The molecule has 2 aromatic rings. The number of carbonyl (C=O) groups is 1. The maximum atomic E-state index is 12.2. The molecule has 1 aliphatic rings. The van der Waals surface area contributed by atoms with Crippen LogP contribution in [0.2, 0.25) is 0 Å². The predicted octanol–water partition coefficient (Wildman–Crippen LogP) is 1.43. The zero-order valence-corrected chi connectivity index (χ0v) is 13.8. The molecule has 1 atom stereocenters. The Morgan fingerprint density at radius 3 is 3.09 bits per heavy atom. The van der Waals surface area contributed by atoms with E-state index in [1.54, 1.807) is 4.52 Å². The molecule has 0 aromatic carbocycles. The van der Waals surface area contributed by atoms with Gasteiger partial charge in [-0.25, -0.2) is 4.98 Å². The van der Waals surface area contributed by atoms with Crippen molar-refractivity contribution < 1.29 is 4.79 Å². The lowest BCUT2D eigenvalue weighted by Gasteiger charge is -2.33. The van der Waals surface area contributed by atoms with Crippen LogP contribution < -0.4 is 10.2 Å². The van der Waals surface area contributed by atoms with Crippen molar-refractivity contribution in [3.8, 4) is 0 Å². The summed E-state index contributed by atoms with van der Waals surface area (Å²) in [6.07, 6.45) is 5.44. The molecule has 23 heavy (non-hydrogen) atoms. The normalized spacial score (nSPS) is 18.3. The van der Waals surface area contributed by atoms with Crippen molar-refractivity contribution in [3.63, 3.8) is 0 Å². The number of anilines is 1. The van der Waals surface area contributed by atoms with Crippen molar-refractivity contribution in [1.82, 2.24) is 24.9 Å². The van der Waals surface area contributed by atoms with E-state index in [0.717, 1.165) is 50.3 Å². The van der Waals surface area contributed by atoms with Crippen LogP contribution in [-0.4, -0.2) is 45.1 Å². The first-order chi connectivity index (χ1) is 11.2. The lowest BCUT2D eigenvalue weighted by molar-refractivity contribution is -0.125. The van der Waals surface area contributed by atoms with Crippen molar-refractivity contribution >= 4 is 17.5 Å². The van der Waals surface area contributed by atoms with Gasteiger partial charge in [0.05, 0.1) is 5.92 Å². The van der Waals surface area contributed by atoms with Gasteiger partial charge in [-0.1, -0.05) is 13.3 Å². The molecule has 3 heterocycles. The highest BCUT2D eigenvalue weighted by atomic mass is 16.1. The van der Waals surface area contributed by atoms with Crippen LogP contribution in [0.1, 0.15) is 38.8 Å². The molecule has 1 fully saturated rings. The highest BCUT2D eigenvalue weighted by Crippen LogP contribution is 2.24. The number of nitrogens with one attached hydrogen (secondary N) is 1. The molecule has 0 radical (unpaired) electrons. The first kappa shape index (κ1) is 15.7. The fourth-order valence-corrected chi connectivity index (χ4v) is 3.17. The first-order valence-electron chi connectivity index (χ1n) is 8.45. The number of piperidine rings is 1. The van der Waals surface area contributed by atoms with Crippen LogP contribution in [0.4, 0.5) is 5.82 Å². The minimum atomic E-state index is 0.0325. The fraction of sp³-hybridized carbons (Fsp3) is 0.625. The van der Waals surface area contributed by atoms with Crippen LogP contribution >= 0.6 is 0 Å². The minimum absolute atomic E-state index is 0.0325. The molecule has 1 amide bonds. The number of hydrogen-bond acceptors (Lipinski definition) is 5. The maximum absolute atomic E-state index is 12.2. The van der Waals surface area contributed by atoms with Gasteiger partial charge in [0.2, 0.25) is 5.91 Å². The van der Waals surface area contributed by atoms with Crippen LogP contribution in [0.5, 0.6) is 0 Å². The standard InChI is InChI=1S/C16H24N6O/c1-3-6-13-9-14(22-16(20-13)18-11-19-22)21-8-5-7-12(10-21)15(23)17-4-2/h9,11-12H,3-8,10H2,1-2H3,(H,17,23)/t12-/m0/s1. The van der Waals surface area contributed by atoms with Gasteiger partial charge in [0, 0.05) is 31.4 Å². The number of amides is 1. The predicted molar refractivity (Wildman–Crippen MR) is 88.4 cm³/mol. The smallest absolute Gasteiger partial charge is 0.254 e. The molecule has 7 nitrogen and oxygen atoms in total. The lowest BCUT2D eigenvalue weighted by Crippen LogP contribution is -2.43. The van der Waals surface area contributed by atoms with Gasteiger partial charge in [-0.2, -0.15) is 14.6 Å². The Hall–Kier alpha value is -2.18. The maximum Gasteiger partial charge on any atom is 0.254 e. The van der Waals surface area contributed by atoms with Crippen LogP contribution in [-0.2, 0) is 11.2 Å². The summed E-state index contributed by atoms with van der Waals surface area (Å²) in [5, 5.41) is 7.24. The van der Waals surface area contributed by atoms with E-state index in [-0.39, 0.29) is 11.8 Å². The Kier molecular flexibility index (Phi) is 4.73. The fourth-order valence-electron chi connectivity index (χ4n) is 3.17. The lowest BCUT2D eigenvalue weighted by atomic mass is 9.97. The van der Waals surface area contributed by atoms with E-state index in [2.05, 4.69) is 38.3 Å². The number of aryl methyl sites for hydroxylation is 1. The van der Waals surface area contributed by atoms with Gasteiger partial charge in [0.1, 0.15) is 12.1 Å². The topological polar surface area (TPSA) is 75.4 Å². The summed E-state index contributed by atoms with van der Waals surface area (Å²) in [5.74, 6) is 1.80. The van der Waals surface area contributed by atoms with Crippen LogP contribution in [0.25, 0.3) is 5.78 Å². The number of aromatic nitrogens is 4. The monoisotopic (exact) mass is 316 g/mol. The van der Waals surface area contributed by atoms with Gasteiger partial charge >= 0.3 is 0 Å². The Labute approximate surface area is 136 Å². The minimum Gasteiger partial charge on any atom is -0.356 e. The van der Waals surface area contributed by atoms with Gasteiger partial charge in [0.15, 0.2) is 0 Å². The van der Waals surface area contributed by atoms with Crippen molar-refractivity contribution in [2.75, 3.05) is 24.5 Å². The van der Waals surface area contributed by atoms with Crippen LogP contribution in [0.3, 0.4) is 0 Å². The van der Waals surface area contributed by atoms with Crippen LogP contribution in [0, 0.1) is 5.92 Å². The number of nitrogens with zero attached hydrogens (tertiary/aromatic N) is 5. The average molecular weight is 316 g/mol. The zero-order chi connectivity index (χ0) is 16.2. The van der Waals surface area contributed by atoms with Crippen molar-refractivity contribution in [2.45, 2.75) is 39.5 Å². The third kappa shape index (κ3) is 3.28. The summed E-state index contributed by atoms with van der Waals surface area (Å²) in [7, 11) is 0. The third-order valence-corrected chi connectivity index (χ3v) is 4.26. The molecule has 1 aliphatic heterocycles. The molecule has 124 valence electrons. The van der Waals surface area contributed by atoms with Gasteiger partial charge in [-0.3, -0.25) is 4.79 Å². The summed E-state index contributed by atoms with van der Waals surface area (Å²) >= 11 is 0. The van der Waals surface area contributed by atoms with E-state index in [4.69, 9.17) is 0 Å². The second-order valence-electron chi connectivity index (χ2n) is 6.01.